The summed E-state index contributed by atoms with van der Waals surface area (Å²) in [4.78, 5) is 25.2. The standard InChI is InChI=1S/C33H66N10O14/c34-8-16-24(48)26(50)20(40)32(54-16)56-28-14(38)6-12(36)22(46)30(28)52-10-18(44)42-4-2-1-3-5-43-19(45)11-53-31-23(47)13(37)7-15(39)29(31)57-33-21(41)27(51)25(49)17(9-35)55-33/h12-17,20-33,46-51H,1-11,34-41H2,(H,42,44)(H,43,45)/t12-,13-,14+,15+,16-,17-,20-,21-,22+,23+,24-,25-,26-,27-,28-,29-,30-,31-,32-,33-/m1/s1. The zero-order chi connectivity index (χ0) is 42.1. The minimum absolute atomic E-state index is 0.125. The lowest BCUT2D eigenvalue weighted by Gasteiger charge is -2.46. The highest BCUT2D eigenvalue weighted by Crippen LogP contribution is 2.30. The number of unbranched alkanes of at least 4 members (excludes halogenated alkanes) is 2. The number of carbonyl (C=O) groups is 2. The molecule has 2 amide bonds. The van der Waals surface area contributed by atoms with Gasteiger partial charge in [0.2, 0.25) is 11.8 Å². The molecule has 2 aliphatic heterocycles. The van der Waals surface area contributed by atoms with E-state index in [1.54, 1.807) is 0 Å². The Hall–Kier alpha value is -1.86. The van der Waals surface area contributed by atoms with Gasteiger partial charge in [-0.1, -0.05) is 0 Å². The summed E-state index contributed by atoms with van der Waals surface area (Å²) in [5.74, 6) is -0.966. The number of rotatable bonds is 18. The zero-order valence-corrected chi connectivity index (χ0v) is 31.9. The molecule has 2 saturated carbocycles. The number of carbonyl (C=O) groups excluding carboxylic acids is 2. The molecule has 24 nitrogen and oxygen atoms in total. The van der Waals surface area contributed by atoms with E-state index >= 15 is 0 Å². The average Bonchev–Trinajstić information content (AvgIpc) is 3.18. The third-order valence-corrected chi connectivity index (χ3v) is 11.0. The Labute approximate surface area is 330 Å². The maximum Gasteiger partial charge on any atom is 0.246 e. The molecule has 2 saturated heterocycles. The number of nitrogens with two attached hydrogens (primary N) is 8. The molecule has 332 valence electrons. The van der Waals surface area contributed by atoms with Gasteiger partial charge in [0.1, 0.15) is 74.3 Å². The summed E-state index contributed by atoms with van der Waals surface area (Å²) in [6.07, 6.45) is -14.7. The first-order valence-electron chi connectivity index (χ1n) is 19.4. The van der Waals surface area contributed by atoms with Crippen molar-refractivity contribution in [2.45, 2.75) is 154 Å². The molecule has 0 spiro atoms. The van der Waals surface area contributed by atoms with Gasteiger partial charge in [0.25, 0.3) is 0 Å². The lowest BCUT2D eigenvalue weighted by molar-refractivity contribution is -0.290. The number of amides is 2. The Bertz CT molecular complexity index is 1160. The average molecular weight is 827 g/mol. The molecule has 2 heterocycles. The molecule has 0 unspecified atom stereocenters. The van der Waals surface area contributed by atoms with Gasteiger partial charge in [-0.05, 0) is 32.1 Å². The minimum Gasteiger partial charge on any atom is -0.389 e. The second-order valence-electron chi connectivity index (χ2n) is 15.3. The fourth-order valence-corrected chi connectivity index (χ4v) is 7.46. The fraction of sp³-hybridized carbons (Fsp3) is 0.939. The molecule has 57 heavy (non-hydrogen) atoms. The van der Waals surface area contributed by atoms with E-state index in [2.05, 4.69) is 10.6 Å². The van der Waals surface area contributed by atoms with E-state index in [4.69, 9.17) is 74.3 Å². The van der Waals surface area contributed by atoms with Crippen LogP contribution in [0.25, 0.3) is 0 Å². The smallest absolute Gasteiger partial charge is 0.246 e. The number of aliphatic hydroxyl groups is 6. The Kier molecular flexibility index (Phi) is 18.6. The number of aliphatic hydroxyl groups excluding tert-OH is 6. The second-order valence-corrected chi connectivity index (χ2v) is 15.3. The van der Waals surface area contributed by atoms with Crippen LogP contribution in [0.1, 0.15) is 32.1 Å². The molecule has 0 bridgehead atoms. The summed E-state index contributed by atoms with van der Waals surface area (Å²) >= 11 is 0. The SMILES string of the molecule is NC[C@H]1O[C@H](O[C@H]2[C@H](OCC(=O)NCCCCCNC(=O)CO[C@@H]3[C@@H](O)[C@H](N)C[C@H](N)[C@H]3O[C@H]3O[C@H](CN)[C@@H](O)[C@H](O)[C@H]3N)[C@@H](O)[C@H](N)C[C@@H]2N)[C@H](N)[C@@H](O)[C@@H]1O. The molecule has 4 fully saturated rings. The fourth-order valence-electron chi connectivity index (χ4n) is 7.46. The van der Waals surface area contributed by atoms with Crippen LogP contribution in [0.15, 0.2) is 0 Å². The van der Waals surface area contributed by atoms with Crippen molar-refractivity contribution in [3.05, 3.63) is 0 Å². The van der Waals surface area contributed by atoms with Crippen molar-refractivity contribution in [3.8, 4) is 0 Å². The van der Waals surface area contributed by atoms with Gasteiger partial charge in [0.15, 0.2) is 12.6 Å². The van der Waals surface area contributed by atoms with Crippen molar-refractivity contribution in [2.24, 2.45) is 45.9 Å². The van der Waals surface area contributed by atoms with Crippen LogP contribution < -0.4 is 56.5 Å². The summed E-state index contributed by atoms with van der Waals surface area (Å²) in [6.45, 7) is -0.596. The first kappa shape index (κ1) is 47.8. The van der Waals surface area contributed by atoms with E-state index in [1.165, 1.54) is 0 Å². The van der Waals surface area contributed by atoms with Gasteiger partial charge in [-0.25, -0.2) is 0 Å². The van der Waals surface area contributed by atoms with Gasteiger partial charge in [-0.2, -0.15) is 0 Å². The van der Waals surface area contributed by atoms with Crippen molar-refractivity contribution in [2.75, 3.05) is 39.4 Å². The third-order valence-electron chi connectivity index (χ3n) is 11.0. The second kappa shape index (κ2) is 22.1. The van der Waals surface area contributed by atoms with Gasteiger partial charge in [0, 0.05) is 50.3 Å². The summed E-state index contributed by atoms with van der Waals surface area (Å²) in [7, 11) is 0. The Morgan fingerprint density at radius 3 is 1.25 bits per heavy atom. The molecule has 20 atom stereocenters. The van der Waals surface area contributed by atoms with Crippen molar-refractivity contribution in [3.63, 3.8) is 0 Å². The number of ether oxygens (including phenoxy) is 6. The van der Waals surface area contributed by atoms with E-state index in [1.807, 2.05) is 0 Å². The first-order valence-corrected chi connectivity index (χ1v) is 19.4. The van der Waals surface area contributed by atoms with Gasteiger partial charge in [0.05, 0.1) is 24.3 Å². The van der Waals surface area contributed by atoms with Crippen molar-refractivity contribution < 1.29 is 68.6 Å². The topological polar surface area (TPSA) is 443 Å². The largest absolute Gasteiger partial charge is 0.389 e. The van der Waals surface area contributed by atoms with Crippen LogP contribution in [0.5, 0.6) is 0 Å². The van der Waals surface area contributed by atoms with E-state index in [-0.39, 0.29) is 39.0 Å². The van der Waals surface area contributed by atoms with Crippen molar-refractivity contribution in [1.29, 1.82) is 0 Å². The number of hydrogen-bond donors (Lipinski definition) is 16. The summed E-state index contributed by atoms with van der Waals surface area (Å²) < 4.78 is 34.7. The van der Waals surface area contributed by atoms with Gasteiger partial charge in [-0.15, -0.1) is 0 Å². The number of hydrogen-bond acceptors (Lipinski definition) is 22. The molecule has 24 N–H and O–H groups in total. The first-order chi connectivity index (χ1) is 27.0. The van der Waals surface area contributed by atoms with E-state index in [0.29, 0.717) is 19.3 Å². The molecule has 24 heteroatoms. The van der Waals surface area contributed by atoms with Crippen LogP contribution in [0.3, 0.4) is 0 Å². The number of nitrogens with one attached hydrogen (secondary N) is 2. The van der Waals surface area contributed by atoms with E-state index in [0.717, 1.165) is 0 Å². The van der Waals surface area contributed by atoms with Crippen molar-refractivity contribution >= 4 is 11.8 Å². The molecule has 0 aromatic heterocycles. The Morgan fingerprint density at radius 2 is 0.895 bits per heavy atom. The summed E-state index contributed by atoms with van der Waals surface area (Å²) in [5, 5.41) is 68.1. The van der Waals surface area contributed by atoms with Crippen LogP contribution in [0.2, 0.25) is 0 Å². The molecule has 2 aliphatic carbocycles. The minimum atomic E-state index is -1.40. The highest BCUT2D eigenvalue weighted by Gasteiger charge is 2.50. The summed E-state index contributed by atoms with van der Waals surface area (Å²) in [5.41, 5.74) is 48.1. The van der Waals surface area contributed by atoms with Crippen LogP contribution in [0, 0.1) is 0 Å². The predicted octanol–water partition coefficient (Wildman–Crippen LogP) is -9.77. The van der Waals surface area contributed by atoms with Gasteiger partial charge < -0.3 is 116 Å². The molecule has 0 radical (unpaired) electrons. The monoisotopic (exact) mass is 826 g/mol. The normalized spacial score (nSPS) is 44.0. The van der Waals surface area contributed by atoms with Crippen molar-refractivity contribution in [1.82, 2.24) is 10.6 Å². The van der Waals surface area contributed by atoms with Crippen LogP contribution in [-0.4, -0.2) is 204 Å². The maximum atomic E-state index is 12.6. The van der Waals surface area contributed by atoms with E-state index < -0.39 is 147 Å². The predicted molar refractivity (Wildman–Crippen MR) is 198 cm³/mol. The Balaban J connectivity index is 1.15. The molecule has 0 aromatic carbocycles. The van der Waals surface area contributed by atoms with Gasteiger partial charge in [-0.3, -0.25) is 9.59 Å². The quantitative estimate of drug-likeness (QED) is 0.0570. The molecule has 4 rings (SSSR count). The van der Waals surface area contributed by atoms with Crippen LogP contribution in [-0.2, 0) is 38.0 Å². The van der Waals surface area contributed by atoms with E-state index in [9.17, 15) is 40.2 Å². The molecule has 0 aromatic rings. The third kappa shape index (κ3) is 12.1. The maximum absolute atomic E-state index is 12.6. The Morgan fingerprint density at radius 1 is 0.526 bits per heavy atom. The highest BCUT2D eigenvalue weighted by molar-refractivity contribution is 5.77. The van der Waals surface area contributed by atoms with Gasteiger partial charge >= 0.3 is 0 Å². The van der Waals surface area contributed by atoms with Crippen LogP contribution >= 0.6 is 0 Å². The lowest BCUT2D eigenvalue weighted by atomic mass is 9.84. The molecular weight excluding hydrogens is 760 g/mol. The summed E-state index contributed by atoms with van der Waals surface area (Å²) in [6, 6.07) is -5.38. The highest BCUT2D eigenvalue weighted by atomic mass is 16.7. The zero-order valence-electron chi connectivity index (χ0n) is 31.9. The molecule has 4 aliphatic rings. The lowest BCUT2D eigenvalue weighted by Crippen LogP contribution is -2.68. The molecular formula is C33H66N10O14. The van der Waals surface area contributed by atoms with Crippen LogP contribution in [0.4, 0.5) is 0 Å².